The standard InChI is InChI=1S/C51H55N7O9.C50H55N7O8.C2H7P/c1-27(2)43(55-49(62)65-6)47(60)58-28(3)17-18-51(58,4)42-23-35-34-22-41-36(20-31(34)14-16-38(35)53-42)33-15-13-32(21-37(33)48(61)67-41)39-24-52-45(54-39)40-19-29(26-64-5)25-57(40)46(59)44(56-50(63)66-7)30-11-9-8-10-12-30;1-27(2)44(54-49(60)63-5)48(59)57-28(3)12-17-41(57)39-21-36-35-22-43-37(20-31(35)14-16-38(36)52-39)34-15-13-32(19-33(34)26-65-43)40-23-51-46(53-40)42-18-29(25-62-4)24-56(42)47(58)45(55-50(61)64-6)30-10-8-7-9-11-30;1-3-2/h8-16,20-22,24,27-29,40,43-44H,17-19,23,25-26H2,1-7H3,(H,52,54)(H,55,62)(H,56,63);7-11,13-16,19-20,22-23,27-29,41-42,44-45H,12,17-18,21,24-26H2,1-6H3,(H,51,53)(H,54,60)(H,55,61);3H,1-2H3/t28-,29-,40-,43-,44+,51-;28-,29-,41-,42-,44-,45+;/m00./s1. The number of carbonyl (C=O) groups is 8. The molecule has 4 saturated heterocycles. The maximum Gasteiger partial charge on any atom is 0.407 e. The topological polar surface area (TPSA) is 375 Å². The smallest absolute Gasteiger partial charge is 0.407 e. The lowest BCUT2D eigenvalue weighted by Crippen LogP contribution is -2.60. The van der Waals surface area contributed by atoms with E-state index >= 15 is 0 Å². The second-order valence-corrected chi connectivity index (χ2v) is 37.8. The van der Waals surface area contributed by atoms with Crippen molar-refractivity contribution in [3.63, 3.8) is 0 Å². The van der Waals surface area contributed by atoms with E-state index in [9.17, 15) is 43.2 Å². The van der Waals surface area contributed by atoms with E-state index in [0.29, 0.717) is 104 Å². The molecule has 0 unspecified atom stereocenters. The molecule has 0 bridgehead atoms. The fourth-order valence-electron chi connectivity index (χ4n) is 20.6. The molecule has 8 aromatic carbocycles. The lowest BCUT2D eigenvalue weighted by Gasteiger charge is -2.40. The van der Waals surface area contributed by atoms with E-state index < -0.39 is 65.7 Å². The number of H-pyrrole nitrogens is 2. The number of carbonyl (C=O) groups excluding carboxylic acids is 8. The lowest BCUT2D eigenvalue weighted by atomic mass is 9.87. The molecule has 0 spiro atoms. The third-order valence-electron chi connectivity index (χ3n) is 27.4. The molecule has 31 nitrogen and oxygen atoms in total. The Kier molecular flexibility index (Phi) is 28.4. The summed E-state index contributed by atoms with van der Waals surface area (Å²) in [6.07, 6.45) is 6.31. The zero-order valence-electron chi connectivity index (χ0n) is 78.7. The van der Waals surface area contributed by atoms with Gasteiger partial charge in [-0.25, -0.2) is 33.9 Å². The number of methoxy groups -OCH3 is 6. The summed E-state index contributed by atoms with van der Waals surface area (Å²) in [5.41, 5.74) is 12.4. The lowest BCUT2D eigenvalue weighted by molar-refractivity contribution is -0.138. The summed E-state index contributed by atoms with van der Waals surface area (Å²) < 4.78 is 43.1. The number of likely N-dealkylation sites (tertiary alicyclic amines) is 4. The van der Waals surface area contributed by atoms with Gasteiger partial charge >= 0.3 is 30.0 Å². The van der Waals surface area contributed by atoms with Crippen LogP contribution >= 0.6 is 8.58 Å². The second-order valence-electron chi connectivity index (χ2n) is 36.8. The van der Waals surface area contributed by atoms with E-state index in [0.717, 1.165) is 134 Å². The van der Waals surface area contributed by atoms with Crippen LogP contribution < -0.4 is 31.6 Å². The molecule has 6 N–H and O–H groups in total. The quantitative estimate of drug-likeness (QED) is 0.0121. The molecule has 0 aliphatic carbocycles. The van der Waals surface area contributed by atoms with Crippen molar-refractivity contribution in [1.29, 1.82) is 0 Å². The maximum absolute atomic E-state index is 14.3. The first kappa shape index (κ1) is 94.8. The highest BCUT2D eigenvalue weighted by atomic mass is 31.1. The Hall–Kier alpha value is -13.4. The Morgan fingerprint density at radius 1 is 0.526 bits per heavy atom. The van der Waals surface area contributed by atoms with Crippen LogP contribution in [0.15, 0.2) is 177 Å². The van der Waals surface area contributed by atoms with Crippen molar-refractivity contribution in [2.45, 2.75) is 166 Å². The van der Waals surface area contributed by atoms with Crippen LogP contribution in [0.5, 0.6) is 5.75 Å². The van der Waals surface area contributed by atoms with Gasteiger partial charge in [-0.15, -0.1) is 8.58 Å². The molecule has 8 amide bonds. The minimum Gasteiger partial charge on any atom is -0.488 e. The molecule has 4 fully saturated rings. The number of aromatic nitrogens is 4. The fourth-order valence-corrected chi connectivity index (χ4v) is 20.6. The van der Waals surface area contributed by atoms with Crippen LogP contribution in [-0.2, 0) is 67.0 Å². The van der Waals surface area contributed by atoms with Crippen LogP contribution in [0.1, 0.15) is 151 Å². The van der Waals surface area contributed by atoms with Crippen molar-refractivity contribution in [3.8, 4) is 39.4 Å². The number of aliphatic imine (C=N–C) groups is 2. The molecule has 32 heteroatoms. The Morgan fingerprint density at radius 3 is 1.60 bits per heavy atom. The van der Waals surface area contributed by atoms with Crippen molar-refractivity contribution in [2.24, 2.45) is 33.7 Å². The molecule has 11 aromatic rings. The monoisotopic (exact) mass is 1850 g/mol. The summed E-state index contributed by atoms with van der Waals surface area (Å²) in [4.78, 5) is 154. The number of fused-ring (bicyclic) bond motifs is 12. The van der Waals surface area contributed by atoms with Gasteiger partial charge in [0.05, 0.1) is 106 Å². The number of imidazole rings is 2. The van der Waals surface area contributed by atoms with Crippen molar-refractivity contribution in [3.05, 3.63) is 208 Å². The van der Waals surface area contributed by atoms with Gasteiger partial charge in [-0.3, -0.25) is 29.2 Å². The third-order valence-corrected chi connectivity index (χ3v) is 27.4. The SMILES string of the molecule is COC[C@H]1C[C@@H](c2ncc(-c3ccc4c(c3)COc3cc5c6c(ccc5cc3-4)N=C([C@@H]3CC[C@H](C)N3C(=O)[C@@H](NC(=O)OC)C(C)C)C6)[nH]2)N(C(=O)[C@H](NC(=O)OC)c2ccccc2)C1.COC[C@H]1C[C@@H](c2ncc(-c3ccc4c(c3)c(=O)oc3cc5c6c(ccc5cc34)N=C([C@]3(C)CC[C@H](C)N3C(=O)[C@@H](NC(=O)OC)C(C)C)C6)[nH]2)N(C(=O)[C@H](NC(=O)OC)c2ccccc2)C1.CPC. The van der Waals surface area contributed by atoms with Crippen molar-refractivity contribution in [1.82, 2.24) is 60.8 Å². The number of alkyl carbamates (subject to hydrolysis) is 4. The number of ether oxygens (including phenoxy) is 7. The average Bonchev–Trinajstić information content (AvgIpc) is 1.02. The number of nitrogens with zero attached hydrogens (tertiary/aromatic N) is 8. The molecule has 706 valence electrons. The van der Waals surface area contributed by atoms with Crippen LogP contribution in [0.25, 0.3) is 76.9 Å². The largest absolute Gasteiger partial charge is 0.488 e. The van der Waals surface area contributed by atoms with Crippen LogP contribution in [0.2, 0.25) is 0 Å². The molecule has 135 heavy (non-hydrogen) atoms. The summed E-state index contributed by atoms with van der Waals surface area (Å²) in [6.45, 7) is 20.2. The number of aromatic amines is 2. The normalized spacial score (nSPS) is 20.6. The number of amides is 8. The highest BCUT2D eigenvalue weighted by Crippen LogP contribution is 2.49. The number of rotatable bonds is 22. The fraction of sp³-hybridized carbons (Fsp3) is 0.408. The average molecular weight is 1850 g/mol. The molecule has 18 rings (SSSR count). The first-order chi connectivity index (χ1) is 65.1. The van der Waals surface area contributed by atoms with E-state index in [2.05, 4.69) is 101 Å². The van der Waals surface area contributed by atoms with Crippen molar-refractivity contribution < 1.29 is 75.9 Å². The first-order valence-electron chi connectivity index (χ1n) is 46.0. The highest BCUT2D eigenvalue weighted by molar-refractivity contribution is 7.35. The summed E-state index contributed by atoms with van der Waals surface area (Å²) in [5.74, 6) is 0.976. The highest BCUT2D eigenvalue weighted by Gasteiger charge is 2.52. The minimum atomic E-state index is -0.986. The Balaban J connectivity index is 0.000000191. The van der Waals surface area contributed by atoms with Gasteiger partial charge < -0.3 is 88.4 Å². The van der Waals surface area contributed by atoms with Crippen molar-refractivity contribution in [2.75, 3.05) is 82.3 Å². The molecule has 3 aromatic heterocycles. The van der Waals surface area contributed by atoms with Crippen molar-refractivity contribution >= 4 is 123 Å². The van der Waals surface area contributed by atoms with Gasteiger partial charge in [-0.1, -0.05) is 125 Å². The minimum absolute atomic E-state index is 0.00584. The summed E-state index contributed by atoms with van der Waals surface area (Å²) in [5, 5.41) is 16.9. The van der Waals surface area contributed by atoms with Gasteiger partial charge in [0, 0.05) is 92.0 Å². The summed E-state index contributed by atoms with van der Waals surface area (Å²) in [7, 11) is 9.49. The molecule has 7 aliphatic heterocycles. The number of nitrogens with one attached hydrogen (secondary N) is 6. The zero-order chi connectivity index (χ0) is 95.5. The van der Waals surface area contributed by atoms with Crippen LogP contribution in [0, 0.1) is 23.7 Å². The third kappa shape index (κ3) is 19.0. The molecule has 10 heterocycles. The number of hydrogen-bond acceptors (Lipinski definition) is 21. The van der Waals surface area contributed by atoms with Gasteiger partial charge in [-0.2, -0.15) is 0 Å². The predicted octanol–water partition coefficient (Wildman–Crippen LogP) is 16.6. The molecule has 0 saturated carbocycles. The molecule has 12 atom stereocenters. The van der Waals surface area contributed by atoms with E-state index in [4.69, 9.17) is 57.5 Å². The van der Waals surface area contributed by atoms with Crippen LogP contribution in [0.3, 0.4) is 0 Å². The van der Waals surface area contributed by atoms with E-state index in [1.165, 1.54) is 28.4 Å². The molecular formula is C103H117N14O17P. The molecule has 7 aliphatic rings. The van der Waals surface area contributed by atoms with Gasteiger partial charge in [0.2, 0.25) is 11.8 Å². The van der Waals surface area contributed by atoms with Gasteiger partial charge in [-0.05, 0) is 199 Å². The Morgan fingerprint density at radius 2 is 1.04 bits per heavy atom. The Labute approximate surface area is 784 Å². The zero-order valence-corrected chi connectivity index (χ0v) is 79.7. The maximum atomic E-state index is 14.3. The van der Waals surface area contributed by atoms with E-state index in [-0.39, 0.29) is 71.5 Å². The summed E-state index contributed by atoms with van der Waals surface area (Å²) in [6, 6.07) is 42.2. The Bertz CT molecular complexity index is 6500. The number of benzene rings is 8. The van der Waals surface area contributed by atoms with Crippen LogP contribution in [-0.4, -0.2) is 217 Å². The predicted molar refractivity (Wildman–Crippen MR) is 518 cm³/mol. The summed E-state index contributed by atoms with van der Waals surface area (Å²) >= 11 is 0. The van der Waals surface area contributed by atoms with Gasteiger partial charge in [0.25, 0.3) is 11.8 Å². The first-order valence-corrected chi connectivity index (χ1v) is 48.0. The molecular weight excluding hydrogens is 1740 g/mol. The number of hydrogen-bond donors (Lipinski definition) is 6. The van der Waals surface area contributed by atoms with Crippen LogP contribution in [0.4, 0.5) is 30.6 Å². The molecule has 0 radical (unpaired) electrons. The van der Waals surface area contributed by atoms with E-state index in [1.807, 2.05) is 129 Å². The van der Waals surface area contributed by atoms with Gasteiger partial charge in [0.15, 0.2) is 0 Å². The van der Waals surface area contributed by atoms with E-state index in [1.54, 1.807) is 54.6 Å². The van der Waals surface area contributed by atoms with Gasteiger partial charge in [0.1, 0.15) is 53.8 Å². The second kappa shape index (κ2) is 40.4.